The Hall–Kier alpha value is -3.07. The molecule has 206 valence electrons. The van der Waals surface area contributed by atoms with Crippen LogP contribution in [0, 0.1) is 11.8 Å². The number of carbonyl (C=O) groups is 3. The van der Waals surface area contributed by atoms with Crippen molar-refractivity contribution in [3.8, 4) is 11.5 Å². The van der Waals surface area contributed by atoms with Crippen molar-refractivity contribution in [3.63, 3.8) is 0 Å². The SMILES string of the molecule is COc1ccc2c3c1O[C@H]1C(OC(=O)CCC(=O)O[C@@H](C)C(=O)OCC(C)C)=CC[C@@]4(O)[C@H](CCC[C@]314)C2. The second kappa shape index (κ2) is 9.91. The Bertz CT molecular complexity index is 1170. The zero-order valence-corrected chi connectivity index (χ0v) is 22.4. The summed E-state index contributed by atoms with van der Waals surface area (Å²) in [5.41, 5.74) is 0.404. The molecule has 1 heterocycles. The molecule has 5 atom stereocenters. The Morgan fingerprint density at radius 2 is 1.92 bits per heavy atom. The molecule has 0 aromatic heterocycles. The van der Waals surface area contributed by atoms with E-state index in [1.165, 1.54) is 6.92 Å². The number of rotatable bonds is 9. The average Bonchev–Trinajstić information content (AvgIpc) is 3.22. The largest absolute Gasteiger partial charge is 0.493 e. The van der Waals surface area contributed by atoms with E-state index in [-0.39, 0.29) is 31.3 Å². The fourth-order valence-corrected chi connectivity index (χ4v) is 6.74. The maximum atomic E-state index is 12.8. The van der Waals surface area contributed by atoms with Crippen molar-refractivity contribution in [1.82, 2.24) is 0 Å². The van der Waals surface area contributed by atoms with Crippen LogP contribution in [0.5, 0.6) is 11.5 Å². The van der Waals surface area contributed by atoms with Crippen LogP contribution >= 0.6 is 0 Å². The van der Waals surface area contributed by atoms with Crippen molar-refractivity contribution in [2.45, 2.75) is 88.9 Å². The first-order valence-corrected chi connectivity index (χ1v) is 13.5. The van der Waals surface area contributed by atoms with Crippen LogP contribution in [0.4, 0.5) is 0 Å². The summed E-state index contributed by atoms with van der Waals surface area (Å²) in [7, 11) is 1.58. The van der Waals surface area contributed by atoms with E-state index >= 15 is 0 Å². The zero-order valence-electron chi connectivity index (χ0n) is 22.4. The minimum atomic E-state index is -1.06. The zero-order chi connectivity index (χ0) is 27.2. The third kappa shape index (κ3) is 4.15. The quantitative estimate of drug-likeness (QED) is 0.379. The number of hydrogen-bond donors (Lipinski definition) is 1. The normalized spacial score (nSPS) is 28.9. The Kier molecular flexibility index (Phi) is 6.92. The second-order valence-corrected chi connectivity index (χ2v) is 11.3. The molecule has 0 amide bonds. The van der Waals surface area contributed by atoms with Gasteiger partial charge in [-0.3, -0.25) is 9.59 Å². The summed E-state index contributed by atoms with van der Waals surface area (Å²) >= 11 is 0. The van der Waals surface area contributed by atoms with Crippen molar-refractivity contribution >= 4 is 17.9 Å². The van der Waals surface area contributed by atoms with Gasteiger partial charge in [-0.25, -0.2) is 4.79 Å². The molecule has 1 N–H and O–H groups in total. The smallest absolute Gasteiger partial charge is 0.347 e. The molecular formula is C29H36O9. The van der Waals surface area contributed by atoms with E-state index in [2.05, 4.69) is 6.07 Å². The first-order valence-electron chi connectivity index (χ1n) is 13.5. The van der Waals surface area contributed by atoms with Crippen LogP contribution in [-0.4, -0.2) is 54.5 Å². The van der Waals surface area contributed by atoms with Crippen molar-refractivity contribution in [2.24, 2.45) is 11.8 Å². The molecule has 4 aliphatic rings. The summed E-state index contributed by atoms with van der Waals surface area (Å²) in [4.78, 5) is 37.0. The van der Waals surface area contributed by atoms with E-state index < -0.39 is 41.1 Å². The highest BCUT2D eigenvalue weighted by molar-refractivity contribution is 5.81. The minimum Gasteiger partial charge on any atom is -0.493 e. The maximum Gasteiger partial charge on any atom is 0.347 e. The molecule has 9 heteroatoms. The lowest BCUT2D eigenvalue weighted by molar-refractivity contribution is -0.168. The highest BCUT2D eigenvalue weighted by Crippen LogP contribution is 2.67. The topological polar surface area (TPSA) is 118 Å². The Labute approximate surface area is 222 Å². The lowest BCUT2D eigenvalue weighted by Gasteiger charge is -2.59. The molecule has 1 aliphatic heterocycles. The molecule has 0 unspecified atom stereocenters. The van der Waals surface area contributed by atoms with Gasteiger partial charge in [-0.05, 0) is 62.1 Å². The standard InChI is InChI=1S/C29H36O9/c1-16(2)15-35-27(32)17(3)36-22(30)9-10-23(31)37-21-11-13-29(33)19-6-5-12-28(29)24-18(14-19)7-8-20(34-4)25(24)38-26(21)28/h7-8,11,16-17,19,26,33H,5-6,9-10,12-15H2,1-4H3/t17-,19+,26-,28-,29+/m0/s1. The molecule has 0 radical (unpaired) electrons. The highest BCUT2D eigenvalue weighted by atomic mass is 16.6. The number of carbonyl (C=O) groups excluding carboxylic acids is 3. The number of aliphatic hydroxyl groups is 1. The first kappa shape index (κ1) is 26.5. The average molecular weight is 529 g/mol. The van der Waals surface area contributed by atoms with Gasteiger partial charge in [0, 0.05) is 5.56 Å². The van der Waals surface area contributed by atoms with Gasteiger partial charge >= 0.3 is 17.9 Å². The predicted octanol–water partition coefficient (Wildman–Crippen LogP) is 3.52. The maximum absolute atomic E-state index is 12.8. The molecule has 2 bridgehead atoms. The molecule has 1 fully saturated rings. The van der Waals surface area contributed by atoms with E-state index in [9.17, 15) is 19.5 Å². The minimum absolute atomic E-state index is 0.0895. The van der Waals surface area contributed by atoms with Gasteiger partial charge in [0.1, 0.15) is 5.76 Å². The predicted molar refractivity (Wildman–Crippen MR) is 134 cm³/mol. The van der Waals surface area contributed by atoms with Gasteiger partial charge in [-0.15, -0.1) is 0 Å². The van der Waals surface area contributed by atoms with E-state index in [4.69, 9.17) is 23.7 Å². The highest BCUT2D eigenvalue weighted by Gasteiger charge is 2.70. The third-order valence-corrected chi connectivity index (χ3v) is 8.43. The summed E-state index contributed by atoms with van der Waals surface area (Å²) in [6.07, 6.45) is 3.28. The van der Waals surface area contributed by atoms with Crippen molar-refractivity contribution in [2.75, 3.05) is 13.7 Å². The molecular weight excluding hydrogens is 492 g/mol. The number of ether oxygens (including phenoxy) is 5. The molecule has 1 saturated carbocycles. The van der Waals surface area contributed by atoms with Crippen LogP contribution in [0.15, 0.2) is 24.0 Å². The molecule has 5 rings (SSSR count). The molecule has 1 spiro atoms. The third-order valence-electron chi connectivity index (χ3n) is 8.43. The molecule has 0 saturated heterocycles. The van der Waals surface area contributed by atoms with Crippen LogP contribution < -0.4 is 9.47 Å². The van der Waals surface area contributed by atoms with Crippen LogP contribution in [-0.2, 0) is 40.4 Å². The summed E-state index contributed by atoms with van der Waals surface area (Å²) in [5.74, 6) is -0.119. The Morgan fingerprint density at radius 3 is 2.66 bits per heavy atom. The number of esters is 3. The Morgan fingerprint density at radius 1 is 1.16 bits per heavy atom. The van der Waals surface area contributed by atoms with Gasteiger partial charge in [0.2, 0.25) is 0 Å². The molecule has 1 aromatic rings. The van der Waals surface area contributed by atoms with E-state index in [1.54, 1.807) is 13.2 Å². The summed E-state index contributed by atoms with van der Waals surface area (Å²) in [6.45, 7) is 5.48. The van der Waals surface area contributed by atoms with Gasteiger partial charge in [-0.1, -0.05) is 26.3 Å². The number of hydrogen-bond acceptors (Lipinski definition) is 9. The monoisotopic (exact) mass is 528 g/mol. The lowest BCUT2D eigenvalue weighted by Crippen LogP contribution is -2.67. The lowest BCUT2D eigenvalue weighted by atomic mass is 9.47. The van der Waals surface area contributed by atoms with Gasteiger partial charge in [0.25, 0.3) is 0 Å². The molecule has 9 nitrogen and oxygen atoms in total. The van der Waals surface area contributed by atoms with Crippen molar-refractivity contribution < 1.29 is 43.2 Å². The molecule has 1 aromatic carbocycles. The van der Waals surface area contributed by atoms with Gasteiger partial charge in [0.05, 0.1) is 37.6 Å². The molecule has 38 heavy (non-hydrogen) atoms. The second-order valence-electron chi connectivity index (χ2n) is 11.3. The van der Waals surface area contributed by atoms with E-state index in [1.807, 2.05) is 19.9 Å². The van der Waals surface area contributed by atoms with Crippen molar-refractivity contribution in [3.05, 3.63) is 35.1 Å². The van der Waals surface area contributed by atoms with Gasteiger partial charge in [-0.2, -0.15) is 0 Å². The van der Waals surface area contributed by atoms with Crippen molar-refractivity contribution in [1.29, 1.82) is 0 Å². The number of benzene rings is 1. The van der Waals surface area contributed by atoms with Crippen LogP contribution in [0.25, 0.3) is 0 Å². The summed E-state index contributed by atoms with van der Waals surface area (Å²) in [5, 5.41) is 12.1. The van der Waals surface area contributed by atoms with E-state index in [0.717, 1.165) is 30.4 Å². The summed E-state index contributed by atoms with van der Waals surface area (Å²) in [6, 6.07) is 3.95. The fraction of sp³-hybridized carbons (Fsp3) is 0.621. The van der Waals surface area contributed by atoms with Gasteiger partial charge in [0.15, 0.2) is 23.7 Å². The Balaban J connectivity index is 1.28. The van der Waals surface area contributed by atoms with Crippen LogP contribution in [0.1, 0.15) is 70.4 Å². The van der Waals surface area contributed by atoms with E-state index in [0.29, 0.717) is 30.1 Å². The molecule has 3 aliphatic carbocycles. The fourth-order valence-electron chi connectivity index (χ4n) is 6.74. The first-order chi connectivity index (χ1) is 18.1. The number of methoxy groups -OCH3 is 1. The summed E-state index contributed by atoms with van der Waals surface area (Å²) < 4.78 is 28.0. The van der Waals surface area contributed by atoms with Crippen LogP contribution in [0.2, 0.25) is 0 Å². The van der Waals surface area contributed by atoms with Crippen LogP contribution in [0.3, 0.4) is 0 Å². The van der Waals surface area contributed by atoms with Gasteiger partial charge < -0.3 is 28.8 Å².